The first-order valence-electron chi connectivity index (χ1n) is 10.9. The molecule has 2 heterocycles. The van der Waals surface area contributed by atoms with Crippen molar-refractivity contribution in [2.45, 2.75) is 19.4 Å². The van der Waals surface area contributed by atoms with Crippen LogP contribution in [0.1, 0.15) is 27.6 Å². The predicted molar refractivity (Wildman–Crippen MR) is 144 cm³/mol. The van der Waals surface area contributed by atoms with Gasteiger partial charge >= 0.3 is 0 Å². The number of carbonyl (C=O) groups excluding carboxylic acids is 1. The molecule has 0 spiro atoms. The topological polar surface area (TPSA) is 117 Å². The minimum atomic E-state index is 0.229. The molecule has 0 aliphatic carbocycles. The normalized spacial score (nSPS) is 10.1. The van der Waals surface area contributed by atoms with Crippen molar-refractivity contribution in [3.8, 4) is 0 Å². The van der Waals surface area contributed by atoms with E-state index in [1.165, 1.54) is 22.1 Å². The number of halogens is 2. The Morgan fingerprint density at radius 2 is 1.40 bits per heavy atom. The molecular formula is C24H30Br2N8O. The number of rotatable bonds is 8. The largest absolute Gasteiger partial charge is 0.330 e. The summed E-state index contributed by atoms with van der Waals surface area (Å²) >= 11 is 6.79. The van der Waals surface area contributed by atoms with Crippen LogP contribution < -0.4 is 11.1 Å². The first kappa shape index (κ1) is 28.5. The number of aldehydes is 1. The fraction of sp³-hybridized carbons (Fsp3) is 0.292. The molecule has 0 atom stereocenters. The van der Waals surface area contributed by atoms with Crippen LogP contribution >= 0.6 is 31.9 Å². The van der Waals surface area contributed by atoms with Crippen molar-refractivity contribution in [2.75, 3.05) is 13.1 Å². The maximum Gasteiger partial charge on any atom is 0.213 e. The van der Waals surface area contributed by atoms with Crippen molar-refractivity contribution in [2.24, 2.45) is 19.8 Å². The molecule has 0 unspecified atom stereocenters. The molecule has 0 bridgehead atoms. The molecule has 4 rings (SSSR count). The Kier molecular flexibility index (Phi) is 13.1. The summed E-state index contributed by atoms with van der Waals surface area (Å²) in [4.78, 5) is 17.7. The molecule has 0 saturated heterocycles. The molecule has 0 radical (unpaired) electrons. The van der Waals surface area contributed by atoms with Gasteiger partial charge in [0.1, 0.15) is 12.7 Å². The Morgan fingerprint density at radius 1 is 0.857 bits per heavy atom. The Morgan fingerprint density at radius 3 is 1.83 bits per heavy atom. The summed E-state index contributed by atoms with van der Waals surface area (Å²) in [6, 6.07) is 16.6. The average molecular weight is 606 g/mol. The highest BCUT2D eigenvalue weighted by Gasteiger charge is 1.98. The predicted octanol–water partition coefficient (Wildman–Crippen LogP) is 3.49. The van der Waals surface area contributed by atoms with E-state index < -0.39 is 0 Å². The second kappa shape index (κ2) is 16.0. The lowest BCUT2D eigenvalue weighted by Crippen LogP contribution is -2.17. The van der Waals surface area contributed by atoms with Gasteiger partial charge in [-0.25, -0.2) is 9.97 Å². The summed E-state index contributed by atoms with van der Waals surface area (Å²) in [5, 5.41) is 11.2. The number of benzene rings is 2. The van der Waals surface area contributed by atoms with Gasteiger partial charge in [0.15, 0.2) is 12.1 Å². The van der Waals surface area contributed by atoms with Crippen molar-refractivity contribution in [1.82, 2.24) is 34.8 Å². The minimum absolute atomic E-state index is 0.229. The fourth-order valence-electron chi connectivity index (χ4n) is 2.78. The zero-order valence-electron chi connectivity index (χ0n) is 19.8. The molecule has 0 aliphatic heterocycles. The van der Waals surface area contributed by atoms with Gasteiger partial charge < -0.3 is 11.1 Å². The van der Waals surface area contributed by atoms with Crippen LogP contribution in [0.5, 0.6) is 0 Å². The molecule has 2 aromatic carbocycles. The Balaban J connectivity index is 0.000000204. The number of carbonyl (C=O) groups is 1. The number of hydrogen-bond acceptors (Lipinski definition) is 7. The highest BCUT2D eigenvalue weighted by molar-refractivity contribution is 9.10. The molecule has 0 amide bonds. The van der Waals surface area contributed by atoms with Gasteiger partial charge in [0.2, 0.25) is 5.82 Å². The van der Waals surface area contributed by atoms with Crippen LogP contribution in [0.4, 0.5) is 0 Å². The van der Waals surface area contributed by atoms with Crippen LogP contribution in [0.15, 0.2) is 70.1 Å². The molecule has 4 aromatic rings. The number of aryl methyl sites for hydroxylation is 2. The standard InChI is InChI=1S/C12H15BrN4.C8H10BrN.C4H5N3O/c1-17-9-15-12(16-17)8-14-7-6-10-2-4-11(13)5-3-10;9-8-3-1-7(2-4-8)5-6-10;1-7-3-5-4(2-8)6-7/h2-5,9,14H,6-8H2,1H3;1-4H,5-6,10H2;2-3H,1H3. The Labute approximate surface area is 222 Å². The summed E-state index contributed by atoms with van der Waals surface area (Å²) in [7, 11) is 3.58. The number of nitrogens with one attached hydrogen (secondary N) is 1. The molecule has 186 valence electrons. The van der Waals surface area contributed by atoms with E-state index in [-0.39, 0.29) is 5.82 Å². The molecule has 2 aromatic heterocycles. The highest BCUT2D eigenvalue weighted by atomic mass is 79.9. The van der Waals surface area contributed by atoms with Gasteiger partial charge in [-0.15, -0.1) is 5.10 Å². The fourth-order valence-corrected chi connectivity index (χ4v) is 3.31. The summed E-state index contributed by atoms with van der Waals surface area (Å²) in [6.45, 7) is 2.37. The van der Waals surface area contributed by atoms with Crippen molar-refractivity contribution >= 4 is 38.1 Å². The van der Waals surface area contributed by atoms with Gasteiger partial charge in [-0.1, -0.05) is 56.1 Å². The van der Waals surface area contributed by atoms with Crippen LogP contribution in [0.3, 0.4) is 0 Å². The van der Waals surface area contributed by atoms with Crippen molar-refractivity contribution in [1.29, 1.82) is 0 Å². The van der Waals surface area contributed by atoms with Gasteiger partial charge in [-0.2, -0.15) is 5.10 Å². The monoisotopic (exact) mass is 604 g/mol. The zero-order valence-corrected chi connectivity index (χ0v) is 23.0. The van der Waals surface area contributed by atoms with Gasteiger partial charge in [0.05, 0.1) is 6.54 Å². The van der Waals surface area contributed by atoms with Crippen LogP contribution in [0.25, 0.3) is 0 Å². The average Bonchev–Trinajstić information content (AvgIpc) is 3.48. The van der Waals surface area contributed by atoms with Crippen LogP contribution in [-0.4, -0.2) is 48.9 Å². The number of hydrogen-bond donors (Lipinski definition) is 2. The van der Waals surface area contributed by atoms with E-state index in [2.05, 4.69) is 93.7 Å². The van der Waals surface area contributed by atoms with E-state index in [1.54, 1.807) is 18.1 Å². The third-order valence-electron chi connectivity index (χ3n) is 4.50. The quantitative estimate of drug-likeness (QED) is 0.233. The van der Waals surface area contributed by atoms with Crippen LogP contribution in [0.2, 0.25) is 0 Å². The maximum atomic E-state index is 9.88. The Hall–Kier alpha value is -2.73. The summed E-state index contributed by atoms with van der Waals surface area (Å²) in [6.07, 6.45) is 5.78. The lowest BCUT2D eigenvalue weighted by molar-refractivity contribution is 0.111. The van der Waals surface area contributed by atoms with E-state index in [0.29, 0.717) is 6.29 Å². The third-order valence-corrected chi connectivity index (χ3v) is 5.56. The van der Waals surface area contributed by atoms with E-state index in [9.17, 15) is 4.79 Å². The summed E-state index contributed by atoms with van der Waals surface area (Å²) in [5.74, 6) is 1.07. The van der Waals surface area contributed by atoms with Gasteiger partial charge in [-0.05, 0) is 61.3 Å². The van der Waals surface area contributed by atoms with Crippen molar-refractivity contribution in [3.05, 3.63) is 92.9 Å². The smallest absolute Gasteiger partial charge is 0.213 e. The van der Waals surface area contributed by atoms with Crippen molar-refractivity contribution in [3.63, 3.8) is 0 Å². The number of aromatic nitrogens is 6. The molecule has 0 aliphatic rings. The molecule has 3 N–H and O–H groups in total. The van der Waals surface area contributed by atoms with Crippen LogP contribution in [-0.2, 0) is 33.5 Å². The van der Waals surface area contributed by atoms with Crippen molar-refractivity contribution < 1.29 is 4.79 Å². The molecule has 35 heavy (non-hydrogen) atoms. The SMILES string of the molecule is Cn1cnc(C=O)n1.Cn1cnc(CNCCc2ccc(Br)cc2)n1.NCCc1ccc(Br)cc1. The second-order valence-corrected chi connectivity index (χ2v) is 9.28. The lowest BCUT2D eigenvalue weighted by atomic mass is 10.1. The summed E-state index contributed by atoms with van der Waals surface area (Å²) < 4.78 is 5.43. The maximum absolute atomic E-state index is 9.88. The Bertz CT molecular complexity index is 1130. The van der Waals surface area contributed by atoms with Gasteiger partial charge in [0, 0.05) is 23.0 Å². The summed E-state index contributed by atoms with van der Waals surface area (Å²) in [5.41, 5.74) is 8.01. The van der Waals surface area contributed by atoms with Gasteiger partial charge in [0.25, 0.3) is 0 Å². The molecule has 0 fully saturated rings. The third kappa shape index (κ3) is 12.0. The first-order valence-corrected chi connectivity index (χ1v) is 12.5. The highest BCUT2D eigenvalue weighted by Crippen LogP contribution is 2.11. The van der Waals surface area contributed by atoms with E-state index in [1.807, 2.05) is 19.2 Å². The zero-order chi connectivity index (χ0) is 25.5. The molecule has 9 nitrogen and oxygen atoms in total. The minimum Gasteiger partial charge on any atom is -0.330 e. The molecular weight excluding hydrogens is 576 g/mol. The number of nitrogens with two attached hydrogens (primary N) is 1. The molecule has 11 heteroatoms. The van der Waals surface area contributed by atoms with Gasteiger partial charge in [-0.3, -0.25) is 14.2 Å². The number of nitrogens with zero attached hydrogens (tertiary/aromatic N) is 6. The van der Waals surface area contributed by atoms with E-state index in [4.69, 9.17) is 5.73 Å². The van der Waals surface area contributed by atoms with E-state index in [0.717, 1.165) is 47.2 Å². The van der Waals surface area contributed by atoms with E-state index >= 15 is 0 Å². The van der Waals surface area contributed by atoms with Crippen LogP contribution in [0, 0.1) is 0 Å². The second-order valence-electron chi connectivity index (χ2n) is 7.45. The molecule has 0 saturated carbocycles. The lowest BCUT2D eigenvalue weighted by Gasteiger charge is -2.02. The first-order chi connectivity index (χ1) is 16.9.